The number of aromatic nitrogens is 3. The van der Waals surface area contributed by atoms with Crippen LogP contribution in [0.4, 0.5) is 5.95 Å². The van der Waals surface area contributed by atoms with E-state index in [9.17, 15) is 0 Å². The molecule has 7 heteroatoms. The van der Waals surface area contributed by atoms with E-state index in [0.717, 1.165) is 12.8 Å². The fraction of sp³-hybridized carbons (Fsp3) is 0.769. The number of nitrogens with zero attached hydrogens (tertiary/aromatic N) is 4. The van der Waals surface area contributed by atoms with Gasteiger partial charge < -0.3 is 14.4 Å². The van der Waals surface area contributed by atoms with Crippen LogP contribution in [0.2, 0.25) is 5.28 Å². The Morgan fingerprint density at radius 1 is 1.20 bits per heavy atom. The van der Waals surface area contributed by atoms with Gasteiger partial charge in [0.05, 0.1) is 13.2 Å². The Kier molecular flexibility index (Phi) is 7.54. The summed E-state index contributed by atoms with van der Waals surface area (Å²) in [6.07, 6.45) is 1.86. The lowest BCUT2D eigenvalue weighted by molar-refractivity contribution is 0.202. The van der Waals surface area contributed by atoms with Crippen LogP contribution in [0, 0.1) is 0 Å². The second kappa shape index (κ2) is 8.92. The van der Waals surface area contributed by atoms with E-state index in [1.54, 1.807) is 7.11 Å². The molecule has 0 aliphatic rings. The first-order chi connectivity index (χ1) is 9.62. The molecule has 0 saturated heterocycles. The SMILES string of the molecule is CCCOc1nc(Cl)nc(N(CCOC)C(C)CC)n1. The molecule has 1 heterocycles. The predicted octanol–water partition coefficient (Wildman–Crippen LogP) is 2.57. The van der Waals surface area contributed by atoms with E-state index in [1.165, 1.54) is 0 Å². The van der Waals surface area contributed by atoms with Gasteiger partial charge in [0.1, 0.15) is 0 Å². The van der Waals surface area contributed by atoms with Crippen molar-refractivity contribution < 1.29 is 9.47 Å². The summed E-state index contributed by atoms with van der Waals surface area (Å²) < 4.78 is 10.6. The molecule has 0 aromatic carbocycles. The molecule has 1 atom stereocenters. The lowest BCUT2D eigenvalue weighted by Gasteiger charge is -2.28. The first kappa shape index (κ1) is 16.9. The van der Waals surface area contributed by atoms with Crippen LogP contribution in [0.15, 0.2) is 0 Å². The maximum absolute atomic E-state index is 5.95. The number of hydrogen-bond donors (Lipinski definition) is 0. The van der Waals surface area contributed by atoms with Gasteiger partial charge in [0.15, 0.2) is 0 Å². The van der Waals surface area contributed by atoms with Gasteiger partial charge in [-0.15, -0.1) is 0 Å². The van der Waals surface area contributed by atoms with Crippen LogP contribution >= 0.6 is 11.6 Å². The average Bonchev–Trinajstić information content (AvgIpc) is 2.44. The van der Waals surface area contributed by atoms with Gasteiger partial charge in [-0.2, -0.15) is 15.0 Å². The minimum Gasteiger partial charge on any atom is -0.463 e. The van der Waals surface area contributed by atoms with Gasteiger partial charge in [-0.05, 0) is 31.4 Å². The molecule has 1 aromatic heterocycles. The van der Waals surface area contributed by atoms with E-state index in [2.05, 4.69) is 33.7 Å². The number of rotatable bonds is 9. The molecule has 0 amide bonds. The minimum atomic E-state index is 0.145. The third-order valence-corrected chi connectivity index (χ3v) is 3.10. The molecule has 0 radical (unpaired) electrons. The van der Waals surface area contributed by atoms with E-state index in [4.69, 9.17) is 21.1 Å². The van der Waals surface area contributed by atoms with Gasteiger partial charge in [-0.25, -0.2) is 0 Å². The van der Waals surface area contributed by atoms with Crippen LogP contribution in [0.25, 0.3) is 0 Å². The summed E-state index contributed by atoms with van der Waals surface area (Å²) in [6.45, 7) is 8.09. The highest BCUT2D eigenvalue weighted by atomic mass is 35.5. The predicted molar refractivity (Wildman–Crippen MR) is 79.6 cm³/mol. The molecule has 0 bridgehead atoms. The molecular formula is C13H23ClN4O2. The smallest absolute Gasteiger partial charge is 0.322 e. The molecule has 0 aliphatic carbocycles. The van der Waals surface area contributed by atoms with Crippen molar-refractivity contribution in [2.24, 2.45) is 0 Å². The van der Waals surface area contributed by atoms with Crippen molar-refractivity contribution in [3.05, 3.63) is 5.28 Å². The average molecular weight is 303 g/mol. The second-order valence-corrected chi connectivity index (χ2v) is 4.82. The van der Waals surface area contributed by atoms with Gasteiger partial charge in [0.2, 0.25) is 11.2 Å². The first-order valence-corrected chi connectivity index (χ1v) is 7.30. The van der Waals surface area contributed by atoms with Crippen molar-refractivity contribution in [2.45, 2.75) is 39.7 Å². The monoisotopic (exact) mass is 302 g/mol. The normalized spacial score (nSPS) is 12.2. The molecule has 0 aliphatic heterocycles. The van der Waals surface area contributed by atoms with Gasteiger partial charge >= 0.3 is 6.01 Å². The zero-order valence-electron chi connectivity index (χ0n) is 12.6. The van der Waals surface area contributed by atoms with Gasteiger partial charge in [-0.1, -0.05) is 13.8 Å². The van der Waals surface area contributed by atoms with Gasteiger partial charge in [0, 0.05) is 19.7 Å². The minimum absolute atomic E-state index is 0.145. The third-order valence-electron chi connectivity index (χ3n) is 2.93. The molecule has 0 spiro atoms. The van der Waals surface area contributed by atoms with Crippen molar-refractivity contribution in [3.63, 3.8) is 0 Å². The van der Waals surface area contributed by atoms with Crippen molar-refractivity contribution in [2.75, 3.05) is 31.8 Å². The topological polar surface area (TPSA) is 60.4 Å². The van der Waals surface area contributed by atoms with E-state index < -0.39 is 0 Å². The summed E-state index contributed by atoms with van der Waals surface area (Å²) >= 11 is 5.95. The Labute approximate surface area is 125 Å². The highest BCUT2D eigenvalue weighted by molar-refractivity contribution is 6.28. The Bertz CT molecular complexity index is 406. The Hall–Kier alpha value is -1.14. The Balaban J connectivity index is 2.95. The van der Waals surface area contributed by atoms with Crippen LogP contribution in [-0.4, -0.2) is 47.9 Å². The van der Waals surface area contributed by atoms with Crippen LogP contribution in [0.5, 0.6) is 6.01 Å². The lowest BCUT2D eigenvalue weighted by atomic mass is 10.2. The zero-order valence-corrected chi connectivity index (χ0v) is 13.4. The molecule has 20 heavy (non-hydrogen) atoms. The maximum Gasteiger partial charge on any atom is 0.322 e. The lowest BCUT2D eigenvalue weighted by Crippen LogP contribution is -2.37. The van der Waals surface area contributed by atoms with Crippen LogP contribution in [-0.2, 0) is 4.74 Å². The van der Waals surface area contributed by atoms with Crippen LogP contribution < -0.4 is 9.64 Å². The standard InChI is InChI=1S/C13H23ClN4O2/c1-5-8-20-13-16-11(14)15-12(17-13)18(7-9-19-4)10(3)6-2/h10H,5-9H2,1-4H3. The molecule has 1 aromatic rings. The Morgan fingerprint density at radius 3 is 2.55 bits per heavy atom. The van der Waals surface area contributed by atoms with Crippen molar-refractivity contribution in [3.8, 4) is 6.01 Å². The molecule has 0 N–H and O–H groups in total. The molecule has 0 fully saturated rings. The number of anilines is 1. The van der Waals surface area contributed by atoms with E-state index >= 15 is 0 Å². The molecular weight excluding hydrogens is 280 g/mol. The third kappa shape index (κ3) is 5.09. The summed E-state index contributed by atoms with van der Waals surface area (Å²) in [5.74, 6) is 0.530. The molecule has 0 saturated carbocycles. The fourth-order valence-electron chi connectivity index (χ4n) is 1.64. The fourth-order valence-corrected chi connectivity index (χ4v) is 1.78. The van der Waals surface area contributed by atoms with Crippen molar-refractivity contribution in [1.82, 2.24) is 15.0 Å². The first-order valence-electron chi connectivity index (χ1n) is 6.92. The maximum atomic E-state index is 5.95. The van der Waals surface area contributed by atoms with E-state index in [0.29, 0.717) is 25.7 Å². The van der Waals surface area contributed by atoms with Crippen molar-refractivity contribution >= 4 is 17.5 Å². The van der Waals surface area contributed by atoms with Gasteiger partial charge in [-0.3, -0.25) is 0 Å². The molecule has 114 valence electrons. The van der Waals surface area contributed by atoms with Crippen LogP contribution in [0.3, 0.4) is 0 Å². The van der Waals surface area contributed by atoms with Crippen LogP contribution in [0.1, 0.15) is 33.6 Å². The van der Waals surface area contributed by atoms with E-state index in [-0.39, 0.29) is 17.3 Å². The zero-order chi connectivity index (χ0) is 15.0. The quantitative estimate of drug-likeness (QED) is 0.699. The molecule has 1 unspecified atom stereocenters. The van der Waals surface area contributed by atoms with Crippen molar-refractivity contribution in [1.29, 1.82) is 0 Å². The molecule has 1 rings (SSSR count). The summed E-state index contributed by atoms with van der Waals surface area (Å²) in [7, 11) is 1.67. The molecule has 6 nitrogen and oxygen atoms in total. The number of halogens is 1. The van der Waals surface area contributed by atoms with E-state index in [1.807, 2.05) is 6.92 Å². The largest absolute Gasteiger partial charge is 0.463 e. The summed E-state index contributed by atoms with van der Waals surface area (Å²) in [4.78, 5) is 14.6. The summed E-state index contributed by atoms with van der Waals surface area (Å²) in [5, 5.41) is 0.145. The summed E-state index contributed by atoms with van der Waals surface area (Å²) in [6, 6.07) is 0.551. The Morgan fingerprint density at radius 2 is 1.95 bits per heavy atom. The summed E-state index contributed by atoms with van der Waals surface area (Å²) in [5.41, 5.74) is 0. The highest BCUT2D eigenvalue weighted by Gasteiger charge is 2.18. The second-order valence-electron chi connectivity index (χ2n) is 4.48. The highest BCUT2D eigenvalue weighted by Crippen LogP contribution is 2.18. The number of methoxy groups -OCH3 is 1. The van der Waals surface area contributed by atoms with Gasteiger partial charge in [0.25, 0.3) is 0 Å². The number of ether oxygens (including phenoxy) is 2. The number of hydrogen-bond acceptors (Lipinski definition) is 6.